The van der Waals surface area contributed by atoms with Crippen molar-refractivity contribution >= 4 is 29.2 Å². The molecule has 1 fully saturated rings. The molecule has 30 heavy (non-hydrogen) atoms. The van der Waals surface area contributed by atoms with E-state index in [2.05, 4.69) is 15.5 Å². The number of nitrogens with one attached hydrogen (secondary N) is 2. The molecule has 0 radical (unpaired) electrons. The van der Waals surface area contributed by atoms with Crippen molar-refractivity contribution in [2.75, 3.05) is 43.1 Å². The predicted molar refractivity (Wildman–Crippen MR) is 112 cm³/mol. The summed E-state index contributed by atoms with van der Waals surface area (Å²) in [6, 6.07) is 16.0. The Morgan fingerprint density at radius 3 is 2.37 bits per heavy atom. The Morgan fingerprint density at radius 1 is 1.03 bits per heavy atom. The largest absolute Gasteiger partial charge is 0.451 e. The number of esters is 1. The minimum atomic E-state index is -0.995. The fraction of sp³-hybridized carbons (Fsp3) is 0.318. The average Bonchev–Trinajstić information content (AvgIpc) is 2.79. The number of hydrogen-bond donors (Lipinski definition) is 2. The molecule has 1 saturated heterocycles. The minimum Gasteiger partial charge on any atom is -0.451 e. The zero-order chi connectivity index (χ0) is 21.3. The molecule has 1 atom stereocenters. The number of amides is 2. The standard InChI is InChI=1S/C22H25N3O5/c1-16(30-20(26)15-23-22(28)17-5-3-2-4-6-17)21(27)24-18-7-9-19(10-8-18)25-11-13-29-14-12-25/h2-10,16H,11-15H2,1H3,(H,23,28)(H,24,27)/t16-/m0/s1. The first kappa shape index (κ1) is 21.3. The van der Waals surface area contributed by atoms with Crippen LogP contribution in [0.25, 0.3) is 0 Å². The number of morpholine rings is 1. The maximum atomic E-state index is 12.3. The van der Waals surface area contributed by atoms with Gasteiger partial charge in [0, 0.05) is 30.0 Å². The molecule has 2 aromatic carbocycles. The molecule has 1 aliphatic heterocycles. The van der Waals surface area contributed by atoms with Gasteiger partial charge in [-0.1, -0.05) is 18.2 Å². The molecule has 2 aromatic rings. The fourth-order valence-electron chi connectivity index (χ4n) is 2.96. The first-order valence-electron chi connectivity index (χ1n) is 9.79. The van der Waals surface area contributed by atoms with Crippen molar-refractivity contribution in [1.29, 1.82) is 0 Å². The first-order chi connectivity index (χ1) is 14.5. The molecule has 0 bridgehead atoms. The molecule has 0 unspecified atom stereocenters. The van der Waals surface area contributed by atoms with E-state index in [1.807, 2.05) is 12.1 Å². The highest BCUT2D eigenvalue weighted by molar-refractivity contribution is 5.97. The van der Waals surface area contributed by atoms with Gasteiger partial charge in [0.2, 0.25) is 0 Å². The van der Waals surface area contributed by atoms with Crippen LogP contribution in [-0.2, 0) is 19.1 Å². The van der Waals surface area contributed by atoms with E-state index in [4.69, 9.17) is 9.47 Å². The molecule has 0 spiro atoms. The second-order valence-corrected chi connectivity index (χ2v) is 6.82. The highest BCUT2D eigenvalue weighted by atomic mass is 16.5. The second kappa shape index (κ2) is 10.4. The van der Waals surface area contributed by atoms with Gasteiger partial charge in [-0.15, -0.1) is 0 Å². The Morgan fingerprint density at radius 2 is 1.70 bits per heavy atom. The number of carbonyl (C=O) groups excluding carboxylic acids is 3. The van der Waals surface area contributed by atoms with E-state index in [-0.39, 0.29) is 12.5 Å². The number of rotatable bonds is 7. The predicted octanol–water partition coefficient (Wildman–Crippen LogP) is 1.82. The van der Waals surface area contributed by atoms with Crippen molar-refractivity contribution < 1.29 is 23.9 Å². The van der Waals surface area contributed by atoms with Crippen LogP contribution in [0.15, 0.2) is 54.6 Å². The third-order valence-corrected chi connectivity index (χ3v) is 4.62. The molecular formula is C22H25N3O5. The van der Waals surface area contributed by atoms with Crippen molar-refractivity contribution in [1.82, 2.24) is 5.32 Å². The summed E-state index contributed by atoms with van der Waals surface area (Å²) in [5, 5.41) is 5.19. The maximum Gasteiger partial charge on any atom is 0.326 e. The highest BCUT2D eigenvalue weighted by Gasteiger charge is 2.19. The van der Waals surface area contributed by atoms with Crippen LogP contribution in [0.2, 0.25) is 0 Å². The smallest absolute Gasteiger partial charge is 0.326 e. The lowest BCUT2D eigenvalue weighted by atomic mass is 10.2. The molecule has 1 aliphatic rings. The molecule has 8 heteroatoms. The molecule has 0 aromatic heterocycles. The quantitative estimate of drug-likeness (QED) is 0.675. The molecule has 0 aliphatic carbocycles. The van der Waals surface area contributed by atoms with Gasteiger partial charge in [-0.2, -0.15) is 0 Å². The minimum absolute atomic E-state index is 0.320. The number of nitrogens with zero attached hydrogens (tertiary/aromatic N) is 1. The van der Waals surface area contributed by atoms with Gasteiger partial charge in [-0.05, 0) is 43.3 Å². The molecule has 3 rings (SSSR count). The average molecular weight is 411 g/mol. The third kappa shape index (κ3) is 6.05. The zero-order valence-corrected chi connectivity index (χ0v) is 16.8. The Kier molecular flexibility index (Phi) is 7.40. The van der Waals surface area contributed by atoms with E-state index in [0.29, 0.717) is 24.5 Å². The Bertz CT molecular complexity index is 864. The molecule has 2 amide bonds. The van der Waals surface area contributed by atoms with Crippen LogP contribution >= 0.6 is 0 Å². The maximum absolute atomic E-state index is 12.3. The number of benzene rings is 2. The van der Waals surface area contributed by atoms with Crippen molar-refractivity contribution in [3.63, 3.8) is 0 Å². The van der Waals surface area contributed by atoms with Gasteiger partial charge in [0.25, 0.3) is 11.8 Å². The van der Waals surface area contributed by atoms with Gasteiger partial charge in [0.05, 0.1) is 13.2 Å². The lowest BCUT2D eigenvalue weighted by Gasteiger charge is -2.28. The molecular weight excluding hydrogens is 386 g/mol. The molecule has 1 heterocycles. The first-order valence-corrected chi connectivity index (χ1v) is 9.79. The van der Waals surface area contributed by atoms with E-state index >= 15 is 0 Å². The summed E-state index contributed by atoms with van der Waals surface area (Å²) in [4.78, 5) is 38.4. The normalized spacial score (nSPS) is 14.5. The Hall–Kier alpha value is -3.39. The van der Waals surface area contributed by atoms with Crippen LogP contribution in [0.3, 0.4) is 0 Å². The van der Waals surface area contributed by atoms with Crippen LogP contribution in [0.1, 0.15) is 17.3 Å². The summed E-state index contributed by atoms with van der Waals surface area (Å²) in [6.45, 7) is 4.23. The third-order valence-electron chi connectivity index (χ3n) is 4.62. The molecule has 0 saturated carbocycles. The van der Waals surface area contributed by atoms with Gasteiger partial charge in [-0.3, -0.25) is 14.4 Å². The summed E-state index contributed by atoms with van der Waals surface area (Å²) >= 11 is 0. The lowest BCUT2D eigenvalue weighted by Crippen LogP contribution is -2.36. The van der Waals surface area contributed by atoms with E-state index in [9.17, 15) is 14.4 Å². The number of ether oxygens (including phenoxy) is 2. The van der Waals surface area contributed by atoms with E-state index in [1.165, 1.54) is 6.92 Å². The van der Waals surface area contributed by atoms with Gasteiger partial charge >= 0.3 is 5.97 Å². The summed E-state index contributed by atoms with van der Waals surface area (Å²) in [5.41, 5.74) is 2.11. The Balaban J connectivity index is 1.43. The molecule has 8 nitrogen and oxygen atoms in total. The van der Waals surface area contributed by atoms with Gasteiger partial charge in [0.1, 0.15) is 6.54 Å². The van der Waals surface area contributed by atoms with E-state index in [1.54, 1.807) is 42.5 Å². The number of carbonyl (C=O) groups is 3. The van der Waals surface area contributed by atoms with Crippen LogP contribution in [-0.4, -0.2) is 56.7 Å². The monoisotopic (exact) mass is 411 g/mol. The molecule has 158 valence electrons. The van der Waals surface area contributed by atoms with E-state index in [0.717, 1.165) is 18.8 Å². The van der Waals surface area contributed by atoms with Crippen molar-refractivity contribution in [2.45, 2.75) is 13.0 Å². The second-order valence-electron chi connectivity index (χ2n) is 6.82. The summed E-state index contributed by atoms with van der Waals surface area (Å²) in [5.74, 6) is -1.52. The SMILES string of the molecule is C[C@H](OC(=O)CNC(=O)c1ccccc1)C(=O)Nc1ccc(N2CCOCC2)cc1. The van der Waals surface area contributed by atoms with Gasteiger partial charge in [0.15, 0.2) is 6.10 Å². The zero-order valence-electron chi connectivity index (χ0n) is 16.8. The molecule has 2 N–H and O–H groups in total. The number of hydrogen-bond acceptors (Lipinski definition) is 6. The fourth-order valence-corrected chi connectivity index (χ4v) is 2.96. The van der Waals surface area contributed by atoms with Crippen LogP contribution in [0.4, 0.5) is 11.4 Å². The summed E-state index contributed by atoms with van der Waals surface area (Å²) in [7, 11) is 0. The topological polar surface area (TPSA) is 97.0 Å². The lowest BCUT2D eigenvalue weighted by molar-refractivity contribution is -0.152. The number of anilines is 2. The Labute approximate surface area is 175 Å². The summed E-state index contributed by atoms with van der Waals surface area (Å²) < 4.78 is 10.4. The van der Waals surface area contributed by atoms with Crippen molar-refractivity contribution in [3.05, 3.63) is 60.2 Å². The van der Waals surface area contributed by atoms with Crippen molar-refractivity contribution in [2.24, 2.45) is 0 Å². The van der Waals surface area contributed by atoms with Crippen LogP contribution in [0.5, 0.6) is 0 Å². The van der Waals surface area contributed by atoms with E-state index < -0.39 is 18.0 Å². The summed E-state index contributed by atoms with van der Waals surface area (Å²) in [6.07, 6.45) is -0.995. The van der Waals surface area contributed by atoms with Gasteiger partial charge in [-0.25, -0.2) is 0 Å². The highest BCUT2D eigenvalue weighted by Crippen LogP contribution is 2.19. The van der Waals surface area contributed by atoms with Crippen LogP contribution < -0.4 is 15.5 Å². The van der Waals surface area contributed by atoms with Crippen LogP contribution in [0, 0.1) is 0 Å². The van der Waals surface area contributed by atoms with Gasteiger partial charge < -0.3 is 25.0 Å². The van der Waals surface area contributed by atoms with Crippen molar-refractivity contribution in [3.8, 4) is 0 Å².